The Morgan fingerprint density at radius 1 is 0.784 bits per heavy atom. The molecule has 4 aromatic carbocycles. The molecule has 0 fully saturated rings. The van der Waals surface area contributed by atoms with Crippen molar-refractivity contribution in [1.82, 2.24) is 0 Å². The Kier molecular flexibility index (Phi) is 8.89. The lowest BCUT2D eigenvalue weighted by Crippen LogP contribution is -2.54. The van der Waals surface area contributed by atoms with E-state index >= 15 is 0 Å². The Labute approximate surface area is 221 Å². The minimum absolute atomic E-state index is 0.104. The van der Waals surface area contributed by atoms with E-state index in [2.05, 4.69) is 98.0 Å². The Balaban J connectivity index is 1.65. The normalized spacial score (nSPS) is 13.3. The van der Waals surface area contributed by atoms with Crippen molar-refractivity contribution >= 4 is 24.4 Å². The topological polar surface area (TPSA) is 35.5 Å². The zero-order valence-corrected chi connectivity index (χ0v) is 22.7. The van der Waals surface area contributed by atoms with Crippen molar-refractivity contribution in [2.24, 2.45) is 5.92 Å². The molecule has 0 saturated carbocycles. The quantitative estimate of drug-likeness (QED) is 0.186. The van der Waals surface area contributed by atoms with Crippen molar-refractivity contribution in [3.05, 3.63) is 144 Å². The minimum Gasteiger partial charge on any atom is -0.465 e. The van der Waals surface area contributed by atoms with E-state index in [1.165, 1.54) is 17.5 Å². The third-order valence-corrected chi connectivity index (χ3v) is 10.8. The van der Waals surface area contributed by atoms with Gasteiger partial charge in [0.05, 0.1) is 25.4 Å². The molecule has 3 nitrogen and oxygen atoms in total. The highest BCUT2D eigenvalue weighted by Crippen LogP contribution is 2.29. The lowest BCUT2D eigenvalue weighted by Gasteiger charge is -2.27. The molecule has 4 heteroatoms. The zero-order valence-electron chi connectivity index (χ0n) is 21.7. The second-order valence-electron chi connectivity index (χ2n) is 9.48. The van der Waals surface area contributed by atoms with Crippen LogP contribution in [0.25, 0.3) is 0 Å². The first kappa shape index (κ1) is 26.3. The Morgan fingerprint density at radius 2 is 1.30 bits per heavy atom. The number of hydrogen-bond donors (Lipinski definition) is 0. The van der Waals surface area contributed by atoms with Gasteiger partial charge in [-0.2, -0.15) is 0 Å². The Bertz CT molecular complexity index is 1250. The van der Waals surface area contributed by atoms with Gasteiger partial charge in [-0.3, -0.25) is 0 Å². The smallest absolute Gasteiger partial charge is 0.337 e. The van der Waals surface area contributed by atoms with Crippen LogP contribution in [0.1, 0.15) is 34.5 Å². The van der Waals surface area contributed by atoms with Gasteiger partial charge in [-0.05, 0) is 23.3 Å². The molecule has 188 valence electrons. The van der Waals surface area contributed by atoms with Gasteiger partial charge in [0.2, 0.25) is 0 Å². The number of rotatable bonds is 10. The summed E-state index contributed by atoms with van der Waals surface area (Å²) in [5, 5.41) is 2.74. The zero-order chi connectivity index (χ0) is 26.1. The molecule has 0 aliphatic rings. The summed E-state index contributed by atoms with van der Waals surface area (Å²) in [7, 11) is -0.726. The minimum atomic E-state index is -2.12. The fraction of sp³-hybridized carbons (Fsp3) is 0.182. The Hall–Kier alpha value is -3.73. The van der Waals surface area contributed by atoms with Gasteiger partial charge in [0, 0.05) is 5.92 Å². The highest BCUT2D eigenvalue weighted by molar-refractivity contribution is 7.05. The molecule has 0 heterocycles. The molecule has 2 atom stereocenters. The van der Waals surface area contributed by atoms with Crippen LogP contribution in [0.3, 0.4) is 0 Å². The van der Waals surface area contributed by atoms with E-state index in [-0.39, 0.29) is 18.0 Å². The van der Waals surface area contributed by atoms with E-state index in [4.69, 9.17) is 9.47 Å². The molecule has 0 spiro atoms. The maximum Gasteiger partial charge on any atom is 0.337 e. The molecule has 0 amide bonds. The monoisotopic (exact) mass is 506 g/mol. The standard InChI is InChI=1S/C33H34O3Si/c1-26(23-24-37(3,30-15-9-5-10-16-30)31-17-11-6-12-18-31)32(36-25-27-13-7-4-8-14-27)28-19-21-29(22-20-28)33(34)35-2/h4-24,26,32H,25H2,1-3H3/b24-23+/t26-,32+/m1/s1. The van der Waals surface area contributed by atoms with E-state index in [0.717, 1.165) is 11.1 Å². The van der Waals surface area contributed by atoms with Gasteiger partial charge in [-0.15, -0.1) is 0 Å². The molecule has 0 saturated heterocycles. The van der Waals surface area contributed by atoms with Gasteiger partial charge in [-0.25, -0.2) is 4.79 Å². The highest BCUT2D eigenvalue weighted by Gasteiger charge is 2.29. The van der Waals surface area contributed by atoms with Crippen LogP contribution in [0.15, 0.2) is 127 Å². The fourth-order valence-electron chi connectivity index (χ4n) is 4.61. The van der Waals surface area contributed by atoms with Crippen LogP contribution in [0.4, 0.5) is 0 Å². The number of carbonyl (C=O) groups excluding carboxylic acids is 1. The van der Waals surface area contributed by atoms with Gasteiger partial charge in [-0.1, -0.05) is 139 Å². The predicted octanol–water partition coefficient (Wildman–Crippen LogP) is 6.36. The van der Waals surface area contributed by atoms with Crippen molar-refractivity contribution in [3.63, 3.8) is 0 Å². The second kappa shape index (κ2) is 12.5. The molecule has 0 aromatic heterocycles. The van der Waals surface area contributed by atoms with Crippen molar-refractivity contribution in [2.75, 3.05) is 7.11 Å². The molecule has 4 aromatic rings. The molecule has 0 N–H and O–H groups in total. The highest BCUT2D eigenvalue weighted by atomic mass is 28.3. The van der Waals surface area contributed by atoms with Gasteiger partial charge >= 0.3 is 5.97 Å². The van der Waals surface area contributed by atoms with Crippen LogP contribution in [-0.4, -0.2) is 21.2 Å². The first-order chi connectivity index (χ1) is 18.0. The van der Waals surface area contributed by atoms with E-state index < -0.39 is 8.07 Å². The summed E-state index contributed by atoms with van der Waals surface area (Å²) < 4.78 is 11.4. The second-order valence-corrected chi connectivity index (χ2v) is 13.4. The third-order valence-electron chi connectivity index (χ3n) is 6.89. The molecule has 37 heavy (non-hydrogen) atoms. The number of ether oxygens (including phenoxy) is 2. The summed E-state index contributed by atoms with van der Waals surface area (Å²) in [6.07, 6.45) is 2.14. The average molecular weight is 507 g/mol. The van der Waals surface area contributed by atoms with E-state index in [0.29, 0.717) is 12.2 Å². The fourth-order valence-corrected chi connectivity index (χ4v) is 7.79. The summed E-state index contributed by atoms with van der Waals surface area (Å²) >= 11 is 0. The summed E-state index contributed by atoms with van der Waals surface area (Å²) in [5.41, 5.74) is 5.12. The molecule has 0 unspecified atom stereocenters. The number of carbonyl (C=O) groups is 1. The van der Waals surface area contributed by atoms with Crippen LogP contribution in [0.5, 0.6) is 0 Å². The molecule has 0 radical (unpaired) electrons. The van der Waals surface area contributed by atoms with Gasteiger partial charge in [0.25, 0.3) is 0 Å². The first-order valence-corrected chi connectivity index (χ1v) is 15.2. The summed E-state index contributed by atoms with van der Waals surface area (Å²) in [6, 6.07) is 39.4. The average Bonchev–Trinajstić information content (AvgIpc) is 2.97. The number of methoxy groups -OCH3 is 1. The van der Waals surface area contributed by atoms with Gasteiger partial charge in [0.15, 0.2) is 0 Å². The molecule has 0 aliphatic heterocycles. The Morgan fingerprint density at radius 3 is 1.81 bits per heavy atom. The van der Waals surface area contributed by atoms with Crippen molar-refractivity contribution < 1.29 is 14.3 Å². The summed E-state index contributed by atoms with van der Waals surface area (Å²) in [4.78, 5) is 12.0. The molecule has 0 aliphatic carbocycles. The molecule has 0 bridgehead atoms. The molecular formula is C33H34O3Si. The van der Waals surface area contributed by atoms with E-state index in [1.54, 1.807) is 0 Å². The lowest BCUT2D eigenvalue weighted by molar-refractivity contribution is 0.0164. The number of hydrogen-bond acceptors (Lipinski definition) is 3. The van der Waals surface area contributed by atoms with Crippen LogP contribution in [0.2, 0.25) is 6.55 Å². The SMILES string of the molecule is COC(=O)c1ccc([C@@H](OCc2ccccc2)[C@H](C)/C=C/[Si](C)(c2ccccc2)c2ccccc2)cc1. The maximum absolute atomic E-state index is 12.0. The lowest BCUT2D eigenvalue weighted by atomic mass is 9.96. The van der Waals surface area contributed by atoms with Gasteiger partial charge in [0.1, 0.15) is 8.07 Å². The predicted molar refractivity (Wildman–Crippen MR) is 154 cm³/mol. The maximum atomic E-state index is 12.0. The summed E-state index contributed by atoms with van der Waals surface area (Å²) in [5.74, 6) is -0.235. The van der Waals surface area contributed by atoms with Crippen molar-refractivity contribution in [1.29, 1.82) is 0 Å². The van der Waals surface area contributed by atoms with Gasteiger partial charge < -0.3 is 9.47 Å². The van der Waals surface area contributed by atoms with Crippen molar-refractivity contribution in [2.45, 2.75) is 26.2 Å². The van der Waals surface area contributed by atoms with Crippen LogP contribution < -0.4 is 10.4 Å². The van der Waals surface area contributed by atoms with Crippen LogP contribution in [-0.2, 0) is 16.1 Å². The number of esters is 1. The van der Waals surface area contributed by atoms with Crippen LogP contribution >= 0.6 is 0 Å². The van der Waals surface area contributed by atoms with Crippen molar-refractivity contribution in [3.8, 4) is 0 Å². The van der Waals surface area contributed by atoms with E-state index in [9.17, 15) is 4.79 Å². The number of benzene rings is 4. The third kappa shape index (κ3) is 6.53. The van der Waals surface area contributed by atoms with E-state index in [1.807, 2.05) is 42.5 Å². The van der Waals surface area contributed by atoms with Crippen LogP contribution in [0, 0.1) is 5.92 Å². The molecule has 4 rings (SSSR count). The summed E-state index contributed by atoms with van der Waals surface area (Å²) in [6.45, 7) is 5.10. The first-order valence-electron chi connectivity index (χ1n) is 12.7. The largest absolute Gasteiger partial charge is 0.465 e. The molecular weight excluding hydrogens is 472 g/mol.